The third kappa shape index (κ3) is 4.63. The summed E-state index contributed by atoms with van der Waals surface area (Å²) in [5.41, 5.74) is 8.08. The van der Waals surface area contributed by atoms with Gasteiger partial charge in [-0.3, -0.25) is 4.79 Å². The SMILES string of the molecule is Cc1ccc(S(=O)(=O)Cc2ccc(C(=O)N3CC[C@@H](N)C3)cc2)cc1.Cl. The van der Waals surface area contributed by atoms with Crippen LogP contribution in [0.4, 0.5) is 0 Å². The molecule has 1 amide bonds. The molecule has 1 aliphatic heterocycles. The number of carbonyl (C=O) groups excluding carboxylic acids is 1. The fourth-order valence-corrected chi connectivity index (χ4v) is 4.29. The van der Waals surface area contributed by atoms with Gasteiger partial charge in [-0.25, -0.2) is 8.42 Å². The Kier molecular flexibility index (Phi) is 6.44. The van der Waals surface area contributed by atoms with Gasteiger partial charge in [0.05, 0.1) is 10.6 Å². The molecule has 1 fully saturated rings. The van der Waals surface area contributed by atoms with E-state index >= 15 is 0 Å². The number of hydrogen-bond donors (Lipinski definition) is 1. The summed E-state index contributed by atoms with van der Waals surface area (Å²) in [6.07, 6.45) is 0.818. The fourth-order valence-electron chi connectivity index (χ4n) is 2.95. The summed E-state index contributed by atoms with van der Waals surface area (Å²) in [6.45, 7) is 3.16. The van der Waals surface area contributed by atoms with E-state index in [9.17, 15) is 13.2 Å². The van der Waals surface area contributed by atoms with Gasteiger partial charge in [-0.05, 0) is 43.2 Å². The average Bonchev–Trinajstić information content (AvgIpc) is 3.01. The van der Waals surface area contributed by atoms with E-state index < -0.39 is 9.84 Å². The number of halogens is 1. The van der Waals surface area contributed by atoms with Crippen molar-refractivity contribution < 1.29 is 13.2 Å². The van der Waals surface area contributed by atoms with Gasteiger partial charge in [0.2, 0.25) is 0 Å². The molecule has 2 aromatic carbocycles. The average molecular weight is 395 g/mol. The minimum atomic E-state index is -3.40. The highest BCUT2D eigenvalue weighted by Crippen LogP contribution is 2.19. The highest BCUT2D eigenvalue weighted by atomic mass is 35.5. The number of benzene rings is 2. The van der Waals surface area contributed by atoms with Gasteiger partial charge in [0, 0.05) is 24.7 Å². The Labute approximate surface area is 160 Å². The summed E-state index contributed by atoms with van der Waals surface area (Å²) in [5, 5.41) is 0. The van der Waals surface area contributed by atoms with Crippen LogP contribution in [0, 0.1) is 6.92 Å². The van der Waals surface area contributed by atoms with E-state index in [0.29, 0.717) is 29.1 Å². The second-order valence-electron chi connectivity index (χ2n) is 6.57. The first-order valence-corrected chi connectivity index (χ1v) is 9.93. The quantitative estimate of drug-likeness (QED) is 0.864. The van der Waals surface area contributed by atoms with Crippen LogP contribution in [-0.2, 0) is 15.6 Å². The number of nitrogens with zero attached hydrogens (tertiary/aromatic N) is 1. The summed E-state index contributed by atoms with van der Waals surface area (Å²) in [6, 6.07) is 13.6. The van der Waals surface area contributed by atoms with Gasteiger partial charge in [0.15, 0.2) is 9.84 Å². The number of carbonyl (C=O) groups is 1. The Balaban J connectivity index is 0.00000243. The topological polar surface area (TPSA) is 80.5 Å². The first kappa shape index (κ1) is 20.4. The lowest BCUT2D eigenvalue weighted by Gasteiger charge is -2.16. The molecule has 26 heavy (non-hydrogen) atoms. The Morgan fingerprint density at radius 3 is 2.27 bits per heavy atom. The molecule has 2 aromatic rings. The van der Waals surface area contributed by atoms with Crippen LogP contribution < -0.4 is 5.73 Å². The van der Waals surface area contributed by atoms with E-state index in [2.05, 4.69) is 0 Å². The largest absolute Gasteiger partial charge is 0.337 e. The number of likely N-dealkylation sites (tertiary alicyclic amines) is 1. The zero-order valence-electron chi connectivity index (χ0n) is 14.6. The van der Waals surface area contributed by atoms with Crippen molar-refractivity contribution in [3.05, 3.63) is 65.2 Å². The molecule has 0 aliphatic carbocycles. The molecule has 0 bridgehead atoms. The number of amides is 1. The van der Waals surface area contributed by atoms with E-state index in [1.165, 1.54) is 0 Å². The van der Waals surface area contributed by atoms with Crippen molar-refractivity contribution in [2.24, 2.45) is 5.73 Å². The van der Waals surface area contributed by atoms with E-state index in [1.807, 2.05) is 6.92 Å². The van der Waals surface area contributed by atoms with Crippen molar-refractivity contribution in [3.8, 4) is 0 Å². The fraction of sp³-hybridized carbons (Fsp3) is 0.316. The molecular formula is C19H23ClN2O3S. The van der Waals surface area contributed by atoms with Gasteiger partial charge < -0.3 is 10.6 Å². The Morgan fingerprint density at radius 1 is 1.12 bits per heavy atom. The number of aryl methyl sites for hydroxylation is 1. The summed E-state index contributed by atoms with van der Waals surface area (Å²) in [5.74, 6) is -0.139. The maximum atomic E-state index is 12.5. The molecule has 1 aliphatic rings. The molecule has 3 rings (SSSR count). The molecule has 0 radical (unpaired) electrons. The molecule has 5 nitrogen and oxygen atoms in total. The minimum Gasteiger partial charge on any atom is -0.337 e. The third-order valence-corrected chi connectivity index (χ3v) is 6.15. The van der Waals surface area contributed by atoms with Crippen LogP contribution >= 0.6 is 12.4 Å². The highest BCUT2D eigenvalue weighted by Gasteiger charge is 2.24. The van der Waals surface area contributed by atoms with Gasteiger partial charge in [0.1, 0.15) is 0 Å². The second-order valence-corrected chi connectivity index (χ2v) is 8.56. The van der Waals surface area contributed by atoms with Gasteiger partial charge in [0.25, 0.3) is 5.91 Å². The molecule has 0 unspecified atom stereocenters. The predicted octanol–water partition coefficient (Wildman–Crippen LogP) is 2.56. The first-order valence-electron chi connectivity index (χ1n) is 8.28. The summed E-state index contributed by atoms with van der Waals surface area (Å²) < 4.78 is 25.0. The standard InChI is InChI=1S/C19H22N2O3S.ClH/c1-14-2-8-18(9-3-14)25(23,24)13-15-4-6-16(7-5-15)19(22)21-11-10-17(20)12-21;/h2-9,17H,10-13,20H2,1H3;1H/t17-;/m1./s1. The molecule has 0 saturated carbocycles. The van der Waals surface area contributed by atoms with Crippen LogP contribution in [0.15, 0.2) is 53.4 Å². The Hall–Kier alpha value is -1.89. The maximum Gasteiger partial charge on any atom is 0.253 e. The smallest absolute Gasteiger partial charge is 0.253 e. The van der Waals surface area contributed by atoms with Crippen molar-refractivity contribution >= 4 is 28.2 Å². The minimum absolute atomic E-state index is 0. The van der Waals surface area contributed by atoms with Crippen molar-refractivity contribution in [1.29, 1.82) is 0 Å². The summed E-state index contributed by atoms with van der Waals surface area (Å²) in [7, 11) is -3.40. The Bertz CT molecular complexity index is 865. The molecule has 1 atom stereocenters. The number of sulfone groups is 1. The monoisotopic (exact) mass is 394 g/mol. The van der Waals surface area contributed by atoms with Gasteiger partial charge in [-0.1, -0.05) is 29.8 Å². The molecule has 7 heteroatoms. The van der Waals surface area contributed by atoms with E-state index in [-0.39, 0.29) is 30.1 Å². The lowest BCUT2D eigenvalue weighted by molar-refractivity contribution is 0.0791. The number of hydrogen-bond acceptors (Lipinski definition) is 4. The normalized spacial score (nSPS) is 17.0. The molecule has 0 aromatic heterocycles. The zero-order chi connectivity index (χ0) is 18.0. The van der Waals surface area contributed by atoms with Crippen molar-refractivity contribution in [2.45, 2.75) is 30.0 Å². The van der Waals surface area contributed by atoms with Crippen LogP contribution in [0.25, 0.3) is 0 Å². The van der Waals surface area contributed by atoms with Crippen LogP contribution in [0.1, 0.15) is 27.9 Å². The van der Waals surface area contributed by atoms with E-state index in [1.54, 1.807) is 53.4 Å². The highest BCUT2D eigenvalue weighted by molar-refractivity contribution is 7.90. The second kappa shape index (κ2) is 8.20. The predicted molar refractivity (Wildman–Crippen MR) is 104 cm³/mol. The van der Waals surface area contributed by atoms with Crippen molar-refractivity contribution in [2.75, 3.05) is 13.1 Å². The van der Waals surface area contributed by atoms with Crippen LogP contribution in [-0.4, -0.2) is 38.4 Å². The third-order valence-electron chi connectivity index (χ3n) is 4.45. The van der Waals surface area contributed by atoms with E-state index in [4.69, 9.17) is 5.73 Å². The number of nitrogens with two attached hydrogens (primary N) is 1. The van der Waals surface area contributed by atoms with Crippen molar-refractivity contribution in [3.63, 3.8) is 0 Å². The molecule has 140 valence electrons. The van der Waals surface area contributed by atoms with Crippen LogP contribution in [0.5, 0.6) is 0 Å². The van der Waals surface area contributed by atoms with Crippen molar-refractivity contribution in [1.82, 2.24) is 4.90 Å². The van der Waals surface area contributed by atoms with Gasteiger partial charge in [-0.15, -0.1) is 12.4 Å². The lowest BCUT2D eigenvalue weighted by Crippen LogP contribution is -2.31. The van der Waals surface area contributed by atoms with Gasteiger partial charge in [-0.2, -0.15) is 0 Å². The molecule has 2 N–H and O–H groups in total. The first-order chi connectivity index (χ1) is 11.8. The summed E-state index contributed by atoms with van der Waals surface area (Å²) in [4.78, 5) is 14.4. The summed E-state index contributed by atoms with van der Waals surface area (Å²) >= 11 is 0. The van der Waals surface area contributed by atoms with Crippen LogP contribution in [0.3, 0.4) is 0 Å². The lowest BCUT2D eigenvalue weighted by atomic mass is 10.1. The maximum absolute atomic E-state index is 12.5. The molecule has 1 saturated heterocycles. The van der Waals surface area contributed by atoms with Gasteiger partial charge >= 0.3 is 0 Å². The molecule has 0 spiro atoms. The van der Waals surface area contributed by atoms with Crippen LogP contribution in [0.2, 0.25) is 0 Å². The number of rotatable bonds is 4. The molecular weight excluding hydrogens is 372 g/mol. The zero-order valence-corrected chi connectivity index (χ0v) is 16.2. The molecule has 1 heterocycles. The van der Waals surface area contributed by atoms with E-state index in [0.717, 1.165) is 12.0 Å². The Morgan fingerprint density at radius 2 is 1.73 bits per heavy atom.